The molecular formula is C13H19N5O. The first-order valence-electron chi connectivity index (χ1n) is 6.69. The summed E-state index contributed by atoms with van der Waals surface area (Å²) in [7, 11) is 0. The quantitative estimate of drug-likeness (QED) is 0.802. The Labute approximate surface area is 112 Å². The highest BCUT2D eigenvalue weighted by Crippen LogP contribution is 2.28. The number of rotatable bonds is 3. The molecule has 0 radical (unpaired) electrons. The number of carbonyl (C=O) groups excluding carboxylic acids is 1. The number of nitrogens with zero attached hydrogens (tertiary/aromatic N) is 3. The van der Waals surface area contributed by atoms with Gasteiger partial charge in [0, 0.05) is 32.2 Å². The first kappa shape index (κ1) is 12.2. The molecule has 0 atom stereocenters. The van der Waals surface area contributed by atoms with E-state index in [1.807, 2.05) is 0 Å². The van der Waals surface area contributed by atoms with Crippen LogP contribution in [0.2, 0.25) is 0 Å². The smallest absolute Gasteiger partial charge is 0.250 e. The molecule has 2 heterocycles. The Morgan fingerprint density at radius 1 is 1.26 bits per heavy atom. The summed E-state index contributed by atoms with van der Waals surface area (Å²) in [4.78, 5) is 20.3. The van der Waals surface area contributed by atoms with Gasteiger partial charge in [-0.15, -0.1) is 0 Å². The van der Waals surface area contributed by atoms with E-state index < -0.39 is 5.91 Å². The summed E-state index contributed by atoms with van der Waals surface area (Å²) in [5, 5.41) is 0. The number of pyridine rings is 1. The van der Waals surface area contributed by atoms with Crippen molar-refractivity contribution in [3.8, 4) is 0 Å². The summed E-state index contributed by atoms with van der Waals surface area (Å²) in [6.07, 6.45) is 4.20. The number of aromatic nitrogens is 1. The van der Waals surface area contributed by atoms with Crippen LogP contribution in [0, 0.1) is 0 Å². The molecule has 0 bridgehead atoms. The lowest BCUT2D eigenvalue weighted by molar-refractivity contribution is 0.100. The van der Waals surface area contributed by atoms with Crippen LogP contribution in [-0.2, 0) is 0 Å². The highest BCUT2D eigenvalue weighted by atomic mass is 16.1. The van der Waals surface area contributed by atoms with Crippen molar-refractivity contribution >= 4 is 17.4 Å². The van der Waals surface area contributed by atoms with Gasteiger partial charge >= 0.3 is 0 Å². The standard InChI is InChI=1S/C13H19N5O/c14-11-8-16-12(7-10(11)13(15)19)18-5-3-17(4-6-18)9-1-2-9/h7-9H,1-6,14H2,(H2,15,19). The summed E-state index contributed by atoms with van der Waals surface area (Å²) in [6.45, 7) is 3.99. The molecule has 0 spiro atoms. The van der Waals surface area contributed by atoms with Crippen LogP contribution in [0.4, 0.5) is 11.5 Å². The van der Waals surface area contributed by atoms with Gasteiger partial charge in [-0.05, 0) is 18.9 Å². The average molecular weight is 261 g/mol. The van der Waals surface area contributed by atoms with Gasteiger partial charge in [0.05, 0.1) is 17.4 Å². The third kappa shape index (κ3) is 2.49. The Morgan fingerprint density at radius 2 is 1.95 bits per heavy atom. The lowest BCUT2D eigenvalue weighted by Crippen LogP contribution is -2.47. The number of hydrogen-bond donors (Lipinski definition) is 2. The molecule has 4 N–H and O–H groups in total. The second-order valence-corrected chi connectivity index (χ2v) is 5.25. The van der Waals surface area contributed by atoms with E-state index in [1.165, 1.54) is 19.0 Å². The van der Waals surface area contributed by atoms with E-state index >= 15 is 0 Å². The largest absolute Gasteiger partial charge is 0.397 e. The zero-order valence-corrected chi connectivity index (χ0v) is 10.9. The molecule has 19 heavy (non-hydrogen) atoms. The van der Waals surface area contributed by atoms with E-state index in [0.29, 0.717) is 11.3 Å². The molecule has 2 aliphatic rings. The van der Waals surface area contributed by atoms with Crippen molar-refractivity contribution in [3.05, 3.63) is 17.8 Å². The van der Waals surface area contributed by atoms with Crippen molar-refractivity contribution in [2.75, 3.05) is 36.8 Å². The third-order valence-corrected chi connectivity index (χ3v) is 3.89. The fourth-order valence-corrected chi connectivity index (χ4v) is 2.60. The highest BCUT2D eigenvalue weighted by molar-refractivity contribution is 5.98. The summed E-state index contributed by atoms with van der Waals surface area (Å²) >= 11 is 0. The number of hydrogen-bond acceptors (Lipinski definition) is 5. The van der Waals surface area contributed by atoms with Crippen LogP contribution in [0.15, 0.2) is 12.3 Å². The molecule has 1 saturated carbocycles. The second kappa shape index (κ2) is 4.70. The topological polar surface area (TPSA) is 88.5 Å². The van der Waals surface area contributed by atoms with Gasteiger partial charge in [0.2, 0.25) is 0 Å². The van der Waals surface area contributed by atoms with E-state index in [1.54, 1.807) is 6.07 Å². The maximum atomic E-state index is 11.3. The maximum absolute atomic E-state index is 11.3. The maximum Gasteiger partial charge on any atom is 0.250 e. The monoisotopic (exact) mass is 261 g/mol. The summed E-state index contributed by atoms with van der Waals surface area (Å²) in [5.41, 5.74) is 11.7. The fourth-order valence-electron chi connectivity index (χ4n) is 2.60. The number of carbonyl (C=O) groups is 1. The number of piperazine rings is 1. The van der Waals surface area contributed by atoms with E-state index in [9.17, 15) is 4.79 Å². The summed E-state index contributed by atoms with van der Waals surface area (Å²) in [6, 6.07) is 2.51. The molecule has 2 fully saturated rings. The SMILES string of the molecule is NC(=O)c1cc(N2CCN(C3CC3)CC2)ncc1N. The Balaban J connectivity index is 1.72. The molecule has 1 amide bonds. The lowest BCUT2D eigenvalue weighted by atomic mass is 10.2. The molecule has 0 aromatic carbocycles. The van der Waals surface area contributed by atoms with Crippen molar-refractivity contribution in [3.63, 3.8) is 0 Å². The van der Waals surface area contributed by atoms with E-state index in [-0.39, 0.29) is 0 Å². The van der Waals surface area contributed by atoms with Crippen LogP contribution in [0.5, 0.6) is 0 Å². The third-order valence-electron chi connectivity index (χ3n) is 3.89. The second-order valence-electron chi connectivity index (χ2n) is 5.25. The van der Waals surface area contributed by atoms with E-state index in [0.717, 1.165) is 38.0 Å². The van der Waals surface area contributed by atoms with Crippen molar-refractivity contribution in [2.45, 2.75) is 18.9 Å². The predicted molar refractivity (Wildman–Crippen MR) is 74.0 cm³/mol. The van der Waals surface area contributed by atoms with Gasteiger partial charge in [-0.2, -0.15) is 0 Å². The van der Waals surface area contributed by atoms with Crippen LogP contribution >= 0.6 is 0 Å². The van der Waals surface area contributed by atoms with Gasteiger partial charge in [-0.3, -0.25) is 9.69 Å². The Morgan fingerprint density at radius 3 is 2.53 bits per heavy atom. The van der Waals surface area contributed by atoms with Crippen molar-refractivity contribution in [2.24, 2.45) is 5.73 Å². The van der Waals surface area contributed by atoms with Crippen LogP contribution in [0.1, 0.15) is 23.2 Å². The zero-order valence-electron chi connectivity index (χ0n) is 10.9. The summed E-state index contributed by atoms with van der Waals surface area (Å²) in [5.74, 6) is 0.288. The minimum Gasteiger partial charge on any atom is -0.397 e. The first-order chi connectivity index (χ1) is 9.15. The number of amides is 1. The zero-order chi connectivity index (χ0) is 13.4. The van der Waals surface area contributed by atoms with E-state index in [4.69, 9.17) is 11.5 Å². The molecule has 1 aromatic heterocycles. The highest BCUT2D eigenvalue weighted by Gasteiger charge is 2.31. The molecule has 1 aliphatic heterocycles. The average Bonchev–Trinajstić information content (AvgIpc) is 3.23. The van der Waals surface area contributed by atoms with Gasteiger partial charge in [0.1, 0.15) is 5.82 Å². The van der Waals surface area contributed by atoms with Gasteiger partial charge in [0.25, 0.3) is 5.91 Å². The predicted octanol–water partition coefficient (Wildman–Crippen LogP) is 0.0471. The number of primary amides is 1. The first-order valence-corrected chi connectivity index (χ1v) is 6.69. The summed E-state index contributed by atoms with van der Waals surface area (Å²) < 4.78 is 0. The van der Waals surface area contributed by atoms with Gasteiger partial charge in [-0.1, -0.05) is 0 Å². The molecule has 102 valence electrons. The Hall–Kier alpha value is -1.82. The molecule has 1 aromatic rings. The van der Waals surface area contributed by atoms with Crippen LogP contribution in [0.25, 0.3) is 0 Å². The molecule has 0 unspecified atom stereocenters. The van der Waals surface area contributed by atoms with Gasteiger partial charge in [-0.25, -0.2) is 4.98 Å². The molecular weight excluding hydrogens is 242 g/mol. The Kier molecular flexibility index (Phi) is 3.02. The number of nitrogens with two attached hydrogens (primary N) is 2. The fraction of sp³-hybridized carbons (Fsp3) is 0.538. The minimum atomic E-state index is -0.502. The van der Waals surface area contributed by atoms with E-state index in [2.05, 4.69) is 14.8 Å². The number of nitrogen functional groups attached to an aromatic ring is 1. The molecule has 1 aliphatic carbocycles. The van der Waals surface area contributed by atoms with Crippen LogP contribution < -0.4 is 16.4 Å². The molecule has 3 rings (SSSR count). The molecule has 1 saturated heterocycles. The minimum absolute atomic E-state index is 0.341. The number of anilines is 2. The van der Waals surface area contributed by atoms with Gasteiger partial charge < -0.3 is 16.4 Å². The normalized spacial score (nSPS) is 20.5. The van der Waals surface area contributed by atoms with Gasteiger partial charge in [0.15, 0.2) is 0 Å². The lowest BCUT2D eigenvalue weighted by Gasteiger charge is -2.35. The molecule has 6 nitrogen and oxygen atoms in total. The van der Waals surface area contributed by atoms with Crippen molar-refractivity contribution in [1.29, 1.82) is 0 Å². The van der Waals surface area contributed by atoms with Crippen molar-refractivity contribution in [1.82, 2.24) is 9.88 Å². The molecule has 6 heteroatoms. The van der Waals surface area contributed by atoms with Crippen LogP contribution in [-0.4, -0.2) is 48.0 Å². The van der Waals surface area contributed by atoms with Crippen molar-refractivity contribution < 1.29 is 4.79 Å². The van der Waals surface area contributed by atoms with Crippen LogP contribution in [0.3, 0.4) is 0 Å². The Bertz CT molecular complexity index is 492.